The molecule has 0 amide bonds. The summed E-state index contributed by atoms with van der Waals surface area (Å²) in [6.45, 7) is 4.23. The van der Waals surface area contributed by atoms with Gasteiger partial charge in [0.25, 0.3) is 0 Å². The van der Waals surface area contributed by atoms with Gasteiger partial charge >= 0.3 is 0 Å². The summed E-state index contributed by atoms with van der Waals surface area (Å²) in [6.07, 6.45) is 1.60. The molecule has 3 unspecified atom stereocenters. The van der Waals surface area contributed by atoms with Crippen LogP contribution in [0.25, 0.3) is 0 Å². The van der Waals surface area contributed by atoms with E-state index in [1.54, 1.807) is 6.07 Å². The zero-order valence-corrected chi connectivity index (χ0v) is 12.7. The maximum Gasteiger partial charge on any atom is 0.151 e. The molecular weight excluding hydrogens is 274 g/mol. The molecule has 110 valence electrons. The predicted molar refractivity (Wildman–Crippen MR) is 78.8 cm³/mol. The Morgan fingerprint density at radius 3 is 2.70 bits per heavy atom. The molecule has 0 radical (unpaired) electrons. The van der Waals surface area contributed by atoms with E-state index in [-0.39, 0.29) is 23.6 Å². The van der Waals surface area contributed by atoms with Gasteiger partial charge < -0.3 is 10.4 Å². The largest absolute Gasteiger partial charge is 0.508 e. The fourth-order valence-electron chi connectivity index (χ4n) is 3.71. The van der Waals surface area contributed by atoms with Crippen molar-refractivity contribution >= 4 is 9.84 Å². The lowest BCUT2D eigenvalue weighted by Crippen LogP contribution is -2.32. The monoisotopic (exact) mass is 295 g/mol. The molecule has 1 heterocycles. The lowest BCUT2D eigenvalue weighted by atomic mass is 9.97. The summed E-state index contributed by atoms with van der Waals surface area (Å²) in [5.41, 5.74) is 3.40. The molecule has 4 nitrogen and oxygen atoms in total. The minimum Gasteiger partial charge on any atom is -0.508 e. The van der Waals surface area contributed by atoms with Crippen LogP contribution < -0.4 is 5.32 Å². The molecule has 1 aliphatic heterocycles. The molecule has 1 fully saturated rings. The first-order valence-corrected chi connectivity index (χ1v) is 8.98. The Labute approximate surface area is 120 Å². The number of fused-ring (bicyclic) bond motifs is 1. The SMILES string of the molecule is Cc1ccc(O)c2c1C(C)CC2NC1CCS(=O)(=O)C1. The van der Waals surface area contributed by atoms with Crippen LogP contribution in [-0.4, -0.2) is 31.1 Å². The van der Waals surface area contributed by atoms with Crippen molar-refractivity contribution in [3.63, 3.8) is 0 Å². The molecule has 1 aromatic rings. The van der Waals surface area contributed by atoms with E-state index in [0.29, 0.717) is 18.1 Å². The van der Waals surface area contributed by atoms with E-state index in [2.05, 4.69) is 19.2 Å². The van der Waals surface area contributed by atoms with Crippen LogP contribution in [0.4, 0.5) is 0 Å². The Hall–Kier alpha value is -1.07. The molecule has 20 heavy (non-hydrogen) atoms. The van der Waals surface area contributed by atoms with Crippen LogP contribution in [0, 0.1) is 6.92 Å². The van der Waals surface area contributed by atoms with Gasteiger partial charge in [-0.15, -0.1) is 0 Å². The van der Waals surface area contributed by atoms with Gasteiger partial charge in [-0.3, -0.25) is 0 Å². The number of aryl methyl sites for hydroxylation is 1. The van der Waals surface area contributed by atoms with E-state index in [0.717, 1.165) is 12.0 Å². The van der Waals surface area contributed by atoms with Crippen molar-refractivity contribution in [3.05, 3.63) is 28.8 Å². The molecule has 2 aliphatic rings. The highest BCUT2D eigenvalue weighted by molar-refractivity contribution is 7.91. The van der Waals surface area contributed by atoms with Crippen LogP contribution in [0.5, 0.6) is 5.75 Å². The van der Waals surface area contributed by atoms with Gasteiger partial charge in [-0.1, -0.05) is 13.0 Å². The minimum absolute atomic E-state index is 0.0167. The second-order valence-electron chi connectivity index (χ2n) is 6.18. The van der Waals surface area contributed by atoms with Gasteiger partial charge in [0, 0.05) is 17.6 Å². The van der Waals surface area contributed by atoms with E-state index in [1.165, 1.54) is 11.1 Å². The predicted octanol–water partition coefficient (Wildman–Crippen LogP) is 2.03. The standard InChI is InChI=1S/C15H21NO3S/c1-9-3-4-13(17)15-12(7-10(2)14(9)15)16-11-5-6-20(18,19)8-11/h3-4,10-12,16-17H,5-8H2,1-2H3. The summed E-state index contributed by atoms with van der Waals surface area (Å²) in [5, 5.41) is 13.6. The first-order valence-electron chi connectivity index (χ1n) is 7.16. The van der Waals surface area contributed by atoms with Crippen molar-refractivity contribution in [3.8, 4) is 5.75 Å². The normalized spacial score (nSPS) is 31.4. The fraction of sp³-hybridized carbons (Fsp3) is 0.600. The average Bonchev–Trinajstić information content (AvgIpc) is 2.86. The summed E-state index contributed by atoms with van der Waals surface area (Å²) >= 11 is 0. The van der Waals surface area contributed by atoms with Gasteiger partial charge in [0.2, 0.25) is 0 Å². The van der Waals surface area contributed by atoms with E-state index in [9.17, 15) is 13.5 Å². The zero-order chi connectivity index (χ0) is 14.5. The summed E-state index contributed by atoms with van der Waals surface area (Å²) in [7, 11) is -2.87. The van der Waals surface area contributed by atoms with Gasteiger partial charge in [0.05, 0.1) is 11.5 Å². The number of sulfone groups is 1. The summed E-state index contributed by atoms with van der Waals surface area (Å²) in [5.74, 6) is 1.22. The molecule has 0 spiro atoms. The van der Waals surface area contributed by atoms with Crippen LogP contribution in [0.15, 0.2) is 12.1 Å². The quantitative estimate of drug-likeness (QED) is 0.876. The number of phenols is 1. The molecule has 5 heteroatoms. The molecule has 3 atom stereocenters. The third-order valence-corrected chi connectivity index (χ3v) is 6.35. The van der Waals surface area contributed by atoms with E-state index in [4.69, 9.17) is 0 Å². The van der Waals surface area contributed by atoms with Crippen LogP contribution in [0.2, 0.25) is 0 Å². The van der Waals surface area contributed by atoms with E-state index >= 15 is 0 Å². The van der Waals surface area contributed by atoms with Gasteiger partial charge in [-0.05, 0) is 42.9 Å². The Morgan fingerprint density at radius 1 is 1.30 bits per heavy atom. The second kappa shape index (κ2) is 4.74. The fourth-order valence-corrected chi connectivity index (χ4v) is 5.39. The summed E-state index contributed by atoms with van der Waals surface area (Å²) < 4.78 is 23.1. The highest BCUT2D eigenvalue weighted by atomic mass is 32.2. The maximum atomic E-state index is 11.6. The third kappa shape index (κ3) is 2.33. The molecule has 1 aliphatic carbocycles. The number of phenolic OH excluding ortho intramolecular Hbond substituents is 1. The summed E-state index contributed by atoms with van der Waals surface area (Å²) in [6, 6.07) is 3.78. The molecule has 0 aromatic heterocycles. The number of benzene rings is 1. The highest BCUT2D eigenvalue weighted by Crippen LogP contribution is 2.46. The third-order valence-electron chi connectivity index (χ3n) is 4.58. The maximum absolute atomic E-state index is 11.6. The molecule has 1 saturated heterocycles. The van der Waals surface area contributed by atoms with E-state index in [1.807, 2.05) is 6.07 Å². The van der Waals surface area contributed by atoms with E-state index < -0.39 is 9.84 Å². The van der Waals surface area contributed by atoms with Gasteiger partial charge in [0.15, 0.2) is 9.84 Å². The first-order chi connectivity index (χ1) is 9.37. The molecular formula is C15H21NO3S. The Morgan fingerprint density at radius 2 is 2.05 bits per heavy atom. The van der Waals surface area contributed by atoms with Crippen molar-refractivity contribution < 1.29 is 13.5 Å². The second-order valence-corrected chi connectivity index (χ2v) is 8.41. The van der Waals surface area contributed by atoms with Gasteiger partial charge in [0.1, 0.15) is 5.75 Å². The lowest BCUT2D eigenvalue weighted by molar-refractivity contribution is 0.419. The minimum atomic E-state index is -2.87. The van der Waals surface area contributed by atoms with Crippen molar-refractivity contribution in [1.82, 2.24) is 5.32 Å². The number of hydrogen-bond donors (Lipinski definition) is 2. The van der Waals surface area contributed by atoms with Crippen LogP contribution in [0.3, 0.4) is 0 Å². The molecule has 1 aromatic carbocycles. The first kappa shape index (κ1) is 13.9. The van der Waals surface area contributed by atoms with Crippen LogP contribution in [0.1, 0.15) is 48.4 Å². The van der Waals surface area contributed by atoms with Crippen molar-refractivity contribution in [2.45, 2.75) is 44.7 Å². The molecule has 3 rings (SSSR count). The zero-order valence-electron chi connectivity index (χ0n) is 11.9. The Kier molecular flexibility index (Phi) is 3.29. The molecule has 0 saturated carbocycles. The van der Waals surface area contributed by atoms with Crippen LogP contribution in [-0.2, 0) is 9.84 Å². The van der Waals surface area contributed by atoms with Crippen LogP contribution >= 0.6 is 0 Å². The van der Waals surface area contributed by atoms with Crippen molar-refractivity contribution in [2.24, 2.45) is 0 Å². The number of aromatic hydroxyl groups is 1. The Balaban J connectivity index is 1.87. The smallest absolute Gasteiger partial charge is 0.151 e. The lowest BCUT2D eigenvalue weighted by Gasteiger charge is -2.19. The van der Waals surface area contributed by atoms with Crippen molar-refractivity contribution in [1.29, 1.82) is 0 Å². The Bertz CT molecular complexity index is 639. The highest BCUT2D eigenvalue weighted by Gasteiger charge is 2.36. The average molecular weight is 295 g/mol. The summed E-state index contributed by atoms with van der Waals surface area (Å²) in [4.78, 5) is 0. The number of nitrogens with one attached hydrogen (secondary N) is 1. The topological polar surface area (TPSA) is 66.4 Å². The number of hydrogen-bond acceptors (Lipinski definition) is 4. The van der Waals surface area contributed by atoms with Crippen molar-refractivity contribution in [2.75, 3.05) is 11.5 Å². The molecule has 0 bridgehead atoms. The van der Waals surface area contributed by atoms with Gasteiger partial charge in [-0.25, -0.2) is 8.42 Å². The van der Waals surface area contributed by atoms with Gasteiger partial charge in [-0.2, -0.15) is 0 Å². The number of rotatable bonds is 2. The molecule has 2 N–H and O–H groups in total.